The van der Waals surface area contributed by atoms with E-state index in [0.717, 1.165) is 0 Å². The number of nitrogens with one attached hydrogen (secondary N) is 2. The van der Waals surface area contributed by atoms with Crippen LogP contribution in [0.1, 0.15) is 26.0 Å². The lowest BCUT2D eigenvalue weighted by Crippen LogP contribution is -2.36. The van der Waals surface area contributed by atoms with Crippen LogP contribution in [0, 0.1) is 6.92 Å². The van der Waals surface area contributed by atoms with Crippen molar-refractivity contribution in [3.05, 3.63) is 11.8 Å². The van der Waals surface area contributed by atoms with Crippen molar-refractivity contribution in [1.29, 1.82) is 0 Å². The SMILES string of the molecule is Cc1cc(NC(=O)C(=O)NCCCOC(C)C)no1. The minimum absolute atomic E-state index is 0.161. The molecule has 0 radical (unpaired) electrons. The van der Waals surface area contributed by atoms with Crippen LogP contribution in [0.5, 0.6) is 0 Å². The van der Waals surface area contributed by atoms with Crippen molar-refractivity contribution in [3.63, 3.8) is 0 Å². The molecule has 7 nitrogen and oxygen atoms in total. The van der Waals surface area contributed by atoms with Crippen LogP contribution in [-0.4, -0.2) is 36.2 Å². The third kappa shape index (κ3) is 6.01. The predicted octanol–water partition coefficient (Wildman–Crippen LogP) is 0.853. The second-order valence-electron chi connectivity index (χ2n) is 4.31. The van der Waals surface area contributed by atoms with Crippen molar-refractivity contribution < 1.29 is 18.8 Å². The molecule has 1 heterocycles. The maximum absolute atomic E-state index is 11.5. The summed E-state index contributed by atoms with van der Waals surface area (Å²) in [5, 5.41) is 8.39. The zero-order valence-electron chi connectivity index (χ0n) is 11.4. The van der Waals surface area contributed by atoms with Gasteiger partial charge in [-0.25, -0.2) is 0 Å². The lowest BCUT2D eigenvalue weighted by atomic mass is 10.4. The molecule has 0 aliphatic heterocycles. The number of nitrogens with zero attached hydrogens (tertiary/aromatic N) is 1. The molecule has 1 aromatic heterocycles. The monoisotopic (exact) mass is 269 g/mol. The normalized spacial score (nSPS) is 10.5. The third-order valence-corrected chi connectivity index (χ3v) is 2.13. The molecule has 0 aromatic carbocycles. The highest BCUT2D eigenvalue weighted by molar-refractivity contribution is 6.39. The maximum Gasteiger partial charge on any atom is 0.314 e. The van der Waals surface area contributed by atoms with Crippen molar-refractivity contribution in [2.45, 2.75) is 33.3 Å². The zero-order chi connectivity index (χ0) is 14.3. The number of carbonyl (C=O) groups excluding carboxylic acids is 2. The fourth-order valence-electron chi connectivity index (χ4n) is 1.27. The fourth-order valence-corrected chi connectivity index (χ4v) is 1.27. The molecule has 0 atom stereocenters. The van der Waals surface area contributed by atoms with Gasteiger partial charge in [0.25, 0.3) is 0 Å². The molecule has 0 saturated heterocycles. The number of carbonyl (C=O) groups is 2. The van der Waals surface area contributed by atoms with Crippen LogP contribution in [-0.2, 0) is 14.3 Å². The summed E-state index contributed by atoms with van der Waals surface area (Å²) in [7, 11) is 0. The van der Waals surface area contributed by atoms with E-state index in [0.29, 0.717) is 25.3 Å². The number of aromatic nitrogens is 1. The number of anilines is 1. The first-order valence-electron chi connectivity index (χ1n) is 6.13. The number of rotatable bonds is 6. The van der Waals surface area contributed by atoms with Gasteiger partial charge in [0.2, 0.25) is 0 Å². The van der Waals surface area contributed by atoms with Gasteiger partial charge in [0.1, 0.15) is 5.76 Å². The summed E-state index contributed by atoms with van der Waals surface area (Å²) >= 11 is 0. The third-order valence-electron chi connectivity index (χ3n) is 2.13. The van der Waals surface area contributed by atoms with Gasteiger partial charge >= 0.3 is 11.8 Å². The first kappa shape index (κ1) is 15.2. The molecular weight excluding hydrogens is 250 g/mol. The zero-order valence-corrected chi connectivity index (χ0v) is 11.4. The summed E-state index contributed by atoms with van der Waals surface area (Å²) < 4.78 is 10.1. The van der Waals surface area contributed by atoms with Gasteiger partial charge < -0.3 is 14.6 Å². The Kier molecular flexibility index (Phi) is 6.01. The van der Waals surface area contributed by atoms with Gasteiger partial charge in [0.15, 0.2) is 5.82 Å². The van der Waals surface area contributed by atoms with E-state index in [4.69, 9.17) is 9.26 Å². The van der Waals surface area contributed by atoms with Gasteiger partial charge in [0.05, 0.1) is 6.10 Å². The Morgan fingerprint density at radius 3 is 2.74 bits per heavy atom. The first-order valence-corrected chi connectivity index (χ1v) is 6.13. The van der Waals surface area contributed by atoms with Crippen LogP contribution in [0.4, 0.5) is 5.82 Å². The molecule has 0 spiro atoms. The maximum atomic E-state index is 11.5. The van der Waals surface area contributed by atoms with E-state index < -0.39 is 11.8 Å². The van der Waals surface area contributed by atoms with Crippen LogP contribution < -0.4 is 10.6 Å². The van der Waals surface area contributed by atoms with Gasteiger partial charge in [-0.1, -0.05) is 5.16 Å². The smallest absolute Gasteiger partial charge is 0.314 e. The lowest BCUT2D eigenvalue weighted by Gasteiger charge is -2.07. The highest BCUT2D eigenvalue weighted by Gasteiger charge is 2.14. The van der Waals surface area contributed by atoms with E-state index in [1.807, 2.05) is 13.8 Å². The molecule has 0 unspecified atom stereocenters. The molecule has 0 fully saturated rings. The summed E-state index contributed by atoms with van der Waals surface area (Å²) in [6.45, 7) is 6.49. The van der Waals surface area contributed by atoms with Crippen molar-refractivity contribution in [1.82, 2.24) is 10.5 Å². The summed E-state index contributed by atoms with van der Waals surface area (Å²) in [6.07, 6.45) is 0.815. The topological polar surface area (TPSA) is 93.5 Å². The second-order valence-corrected chi connectivity index (χ2v) is 4.31. The van der Waals surface area contributed by atoms with Crippen LogP contribution in [0.15, 0.2) is 10.6 Å². The molecule has 2 amide bonds. The predicted molar refractivity (Wildman–Crippen MR) is 68.6 cm³/mol. The van der Waals surface area contributed by atoms with Gasteiger partial charge in [-0.2, -0.15) is 0 Å². The van der Waals surface area contributed by atoms with Crippen LogP contribution in [0.3, 0.4) is 0 Å². The number of aryl methyl sites for hydroxylation is 1. The Morgan fingerprint density at radius 2 is 2.16 bits per heavy atom. The molecular formula is C12H19N3O4. The Bertz CT molecular complexity index is 428. The minimum atomic E-state index is -0.766. The summed E-state index contributed by atoms with van der Waals surface area (Å²) in [4.78, 5) is 22.9. The highest BCUT2D eigenvalue weighted by atomic mass is 16.5. The average Bonchev–Trinajstić information content (AvgIpc) is 2.73. The molecule has 19 heavy (non-hydrogen) atoms. The molecule has 106 valence electrons. The van der Waals surface area contributed by atoms with Gasteiger partial charge in [-0.3, -0.25) is 14.9 Å². The van der Waals surface area contributed by atoms with Gasteiger partial charge in [0, 0.05) is 19.2 Å². The van der Waals surface area contributed by atoms with Crippen molar-refractivity contribution in [2.75, 3.05) is 18.5 Å². The van der Waals surface area contributed by atoms with Crippen molar-refractivity contribution in [2.24, 2.45) is 0 Å². The highest BCUT2D eigenvalue weighted by Crippen LogP contribution is 2.06. The Hall–Kier alpha value is -1.89. The standard InChI is InChI=1S/C12H19N3O4/c1-8(2)18-6-4-5-13-11(16)12(17)14-10-7-9(3)19-15-10/h7-8H,4-6H2,1-3H3,(H,13,16)(H,14,15,17). The van der Waals surface area contributed by atoms with Gasteiger partial charge in [-0.15, -0.1) is 0 Å². The molecule has 0 bridgehead atoms. The second kappa shape index (κ2) is 7.52. The van der Waals surface area contributed by atoms with E-state index >= 15 is 0 Å². The number of ether oxygens (including phenoxy) is 1. The Morgan fingerprint density at radius 1 is 1.42 bits per heavy atom. The van der Waals surface area contributed by atoms with E-state index in [1.54, 1.807) is 6.92 Å². The summed E-state index contributed by atoms with van der Waals surface area (Å²) in [5.41, 5.74) is 0. The summed E-state index contributed by atoms with van der Waals surface area (Å²) in [6, 6.07) is 1.53. The number of hydrogen-bond donors (Lipinski definition) is 2. The number of hydrogen-bond acceptors (Lipinski definition) is 5. The van der Waals surface area contributed by atoms with Crippen molar-refractivity contribution >= 4 is 17.6 Å². The van der Waals surface area contributed by atoms with E-state index in [-0.39, 0.29) is 11.9 Å². The van der Waals surface area contributed by atoms with Crippen LogP contribution >= 0.6 is 0 Å². The Labute approximate surface area is 111 Å². The molecule has 0 aliphatic rings. The molecule has 7 heteroatoms. The quantitative estimate of drug-likeness (QED) is 0.590. The molecule has 0 saturated carbocycles. The number of amides is 2. The molecule has 2 N–H and O–H groups in total. The first-order chi connectivity index (χ1) is 8.99. The summed E-state index contributed by atoms with van der Waals surface area (Å²) in [5.74, 6) is -0.689. The minimum Gasteiger partial charge on any atom is -0.379 e. The lowest BCUT2D eigenvalue weighted by molar-refractivity contribution is -0.136. The molecule has 1 aromatic rings. The van der Waals surface area contributed by atoms with Gasteiger partial charge in [-0.05, 0) is 27.2 Å². The Balaban J connectivity index is 2.20. The van der Waals surface area contributed by atoms with E-state index in [2.05, 4.69) is 15.8 Å². The largest absolute Gasteiger partial charge is 0.379 e. The fraction of sp³-hybridized carbons (Fsp3) is 0.583. The van der Waals surface area contributed by atoms with E-state index in [9.17, 15) is 9.59 Å². The average molecular weight is 269 g/mol. The van der Waals surface area contributed by atoms with Crippen LogP contribution in [0.2, 0.25) is 0 Å². The van der Waals surface area contributed by atoms with Crippen LogP contribution in [0.25, 0.3) is 0 Å². The molecule has 1 rings (SSSR count). The molecule has 0 aliphatic carbocycles. The van der Waals surface area contributed by atoms with E-state index in [1.165, 1.54) is 6.07 Å². The van der Waals surface area contributed by atoms with Crippen molar-refractivity contribution in [3.8, 4) is 0 Å².